The summed E-state index contributed by atoms with van der Waals surface area (Å²) in [6.07, 6.45) is 8.15. The fourth-order valence-corrected chi connectivity index (χ4v) is 6.19. The second-order valence-electron chi connectivity index (χ2n) is 8.03. The minimum absolute atomic E-state index is 0.0403. The lowest BCUT2D eigenvalue weighted by molar-refractivity contribution is -0.0745. The summed E-state index contributed by atoms with van der Waals surface area (Å²) in [5.41, 5.74) is 0.850. The Labute approximate surface area is 147 Å². The molecule has 4 aliphatic rings. The maximum Gasteiger partial charge on any atom is 0.159 e. The molecule has 0 N–H and O–H groups in total. The summed E-state index contributed by atoms with van der Waals surface area (Å²) in [4.78, 5) is 11.5. The van der Waals surface area contributed by atoms with Gasteiger partial charge >= 0.3 is 0 Å². The van der Waals surface area contributed by atoms with Gasteiger partial charge in [-0.15, -0.1) is 0 Å². The Hall–Kier alpha value is -0.730. The smallest absolute Gasteiger partial charge is 0.159 e. The number of rotatable bonds is 4. The van der Waals surface area contributed by atoms with E-state index in [2.05, 4.69) is 0 Å². The van der Waals surface area contributed by atoms with Gasteiger partial charge in [-0.3, -0.25) is 4.79 Å². The molecule has 0 unspecified atom stereocenters. The SMILES string of the molecule is CC(=O)c1cc(Cl)c(OCC23CC4CC(CC(C4)C2)C3)c(Cl)c1. The summed E-state index contributed by atoms with van der Waals surface area (Å²) in [6.45, 7) is 2.22. The van der Waals surface area contributed by atoms with E-state index in [1.165, 1.54) is 45.4 Å². The van der Waals surface area contributed by atoms with Gasteiger partial charge in [0.25, 0.3) is 0 Å². The maximum atomic E-state index is 11.5. The summed E-state index contributed by atoms with van der Waals surface area (Å²) in [5.74, 6) is 3.19. The highest BCUT2D eigenvalue weighted by atomic mass is 35.5. The van der Waals surface area contributed by atoms with Crippen molar-refractivity contribution in [3.05, 3.63) is 27.7 Å². The number of benzene rings is 1. The Morgan fingerprint density at radius 2 is 1.57 bits per heavy atom. The molecule has 4 fully saturated rings. The molecule has 0 atom stereocenters. The fourth-order valence-electron chi connectivity index (χ4n) is 5.59. The summed E-state index contributed by atoms with van der Waals surface area (Å²) in [7, 11) is 0. The van der Waals surface area contributed by atoms with Gasteiger partial charge in [-0.2, -0.15) is 0 Å². The number of carbonyl (C=O) groups is 1. The Balaban J connectivity index is 1.52. The Morgan fingerprint density at radius 1 is 1.09 bits per heavy atom. The van der Waals surface area contributed by atoms with Crippen LogP contribution in [0.3, 0.4) is 0 Å². The van der Waals surface area contributed by atoms with Gasteiger partial charge in [0.2, 0.25) is 0 Å². The number of hydrogen-bond donors (Lipinski definition) is 0. The molecule has 0 spiro atoms. The molecular weight excluding hydrogens is 331 g/mol. The van der Waals surface area contributed by atoms with Crippen molar-refractivity contribution in [3.63, 3.8) is 0 Å². The third-order valence-corrected chi connectivity index (χ3v) is 6.65. The van der Waals surface area contributed by atoms with Crippen LogP contribution < -0.4 is 4.74 Å². The molecule has 124 valence electrons. The molecule has 0 saturated heterocycles. The Morgan fingerprint density at radius 3 is 2.00 bits per heavy atom. The summed E-state index contributed by atoms with van der Waals surface area (Å²) in [6, 6.07) is 3.32. The van der Waals surface area contributed by atoms with Crippen LogP contribution in [0.4, 0.5) is 0 Å². The lowest BCUT2D eigenvalue weighted by atomic mass is 9.50. The molecule has 2 nitrogen and oxygen atoms in total. The van der Waals surface area contributed by atoms with E-state index in [0.717, 1.165) is 17.8 Å². The molecule has 0 radical (unpaired) electrons. The molecule has 5 rings (SSSR count). The minimum atomic E-state index is -0.0403. The lowest BCUT2D eigenvalue weighted by Gasteiger charge is -2.56. The minimum Gasteiger partial charge on any atom is -0.490 e. The van der Waals surface area contributed by atoms with E-state index < -0.39 is 0 Å². The van der Waals surface area contributed by atoms with Gasteiger partial charge in [-0.05, 0) is 75.3 Å². The van der Waals surface area contributed by atoms with Crippen molar-refractivity contribution >= 4 is 29.0 Å². The third kappa shape index (κ3) is 2.89. The largest absolute Gasteiger partial charge is 0.490 e. The van der Waals surface area contributed by atoms with Crippen LogP contribution >= 0.6 is 23.2 Å². The van der Waals surface area contributed by atoms with Crippen LogP contribution in [0.2, 0.25) is 10.0 Å². The van der Waals surface area contributed by atoms with E-state index in [1.54, 1.807) is 12.1 Å². The predicted octanol–water partition coefficient (Wildman–Crippen LogP) is 5.79. The Kier molecular flexibility index (Phi) is 3.89. The van der Waals surface area contributed by atoms with Crippen LogP contribution in [0.15, 0.2) is 12.1 Å². The first-order valence-corrected chi connectivity index (χ1v) is 9.32. The maximum absolute atomic E-state index is 11.5. The van der Waals surface area contributed by atoms with Crippen molar-refractivity contribution in [2.75, 3.05) is 6.61 Å². The molecule has 4 aliphatic carbocycles. The number of halogens is 2. The van der Waals surface area contributed by atoms with Crippen molar-refractivity contribution < 1.29 is 9.53 Å². The number of hydrogen-bond acceptors (Lipinski definition) is 2. The second-order valence-corrected chi connectivity index (χ2v) is 8.85. The number of ketones is 1. The molecule has 23 heavy (non-hydrogen) atoms. The molecule has 1 aromatic rings. The van der Waals surface area contributed by atoms with E-state index >= 15 is 0 Å². The van der Waals surface area contributed by atoms with Crippen molar-refractivity contribution in [1.82, 2.24) is 0 Å². The first-order chi connectivity index (χ1) is 10.9. The van der Waals surface area contributed by atoms with E-state index in [0.29, 0.717) is 33.4 Å². The molecule has 1 aromatic carbocycles. The van der Waals surface area contributed by atoms with Crippen molar-refractivity contribution in [2.24, 2.45) is 23.2 Å². The van der Waals surface area contributed by atoms with Crippen LogP contribution in [-0.2, 0) is 0 Å². The number of carbonyl (C=O) groups excluding carboxylic acids is 1. The second kappa shape index (κ2) is 5.67. The van der Waals surface area contributed by atoms with E-state index in [-0.39, 0.29) is 5.78 Å². The zero-order chi connectivity index (χ0) is 16.2. The van der Waals surface area contributed by atoms with Crippen LogP contribution in [0.1, 0.15) is 55.8 Å². The average Bonchev–Trinajstić information content (AvgIpc) is 2.44. The highest BCUT2D eigenvalue weighted by Crippen LogP contribution is 2.60. The molecule has 0 amide bonds. The standard InChI is InChI=1S/C19H22Cl2O2/c1-11(22)15-5-16(20)18(17(21)6-15)23-10-19-7-12-2-13(8-19)4-14(3-12)9-19/h5-6,12-14H,2-4,7-10H2,1H3. The number of ether oxygens (including phenoxy) is 1. The molecule has 0 heterocycles. The van der Waals surface area contributed by atoms with E-state index in [1.807, 2.05) is 0 Å². The highest BCUT2D eigenvalue weighted by Gasteiger charge is 2.51. The molecule has 0 aromatic heterocycles. The van der Waals surface area contributed by atoms with E-state index in [4.69, 9.17) is 27.9 Å². The van der Waals surface area contributed by atoms with Gasteiger partial charge in [0.1, 0.15) is 0 Å². The summed E-state index contributed by atoms with van der Waals surface area (Å²) in [5, 5.41) is 0.875. The molecule has 4 bridgehead atoms. The normalized spacial score (nSPS) is 34.7. The van der Waals surface area contributed by atoms with Gasteiger partial charge in [0.05, 0.1) is 16.7 Å². The first-order valence-electron chi connectivity index (χ1n) is 8.57. The van der Waals surface area contributed by atoms with Crippen molar-refractivity contribution in [3.8, 4) is 5.75 Å². The summed E-state index contributed by atoms with van der Waals surface area (Å²) >= 11 is 12.6. The van der Waals surface area contributed by atoms with Crippen molar-refractivity contribution in [2.45, 2.75) is 45.4 Å². The van der Waals surface area contributed by atoms with Gasteiger partial charge in [0.15, 0.2) is 11.5 Å². The van der Waals surface area contributed by atoms with Crippen LogP contribution in [0.25, 0.3) is 0 Å². The molecule has 4 saturated carbocycles. The molecule has 0 aliphatic heterocycles. The van der Waals surface area contributed by atoms with Crippen molar-refractivity contribution in [1.29, 1.82) is 0 Å². The monoisotopic (exact) mass is 352 g/mol. The zero-order valence-corrected chi connectivity index (χ0v) is 14.9. The molecule has 4 heteroatoms. The third-order valence-electron chi connectivity index (χ3n) is 6.09. The van der Waals surface area contributed by atoms with Crippen LogP contribution in [0, 0.1) is 23.2 Å². The van der Waals surface area contributed by atoms with Gasteiger partial charge in [-0.1, -0.05) is 23.2 Å². The fraction of sp³-hybridized carbons (Fsp3) is 0.632. The summed E-state index contributed by atoms with van der Waals surface area (Å²) < 4.78 is 6.11. The van der Waals surface area contributed by atoms with Gasteiger partial charge in [0, 0.05) is 11.0 Å². The highest BCUT2D eigenvalue weighted by molar-refractivity contribution is 6.37. The number of Topliss-reactive ketones (excluding diaryl/α,β-unsaturated/α-hetero) is 1. The predicted molar refractivity (Wildman–Crippen MR) is 92.6 cm³/mol. The molecular formula is C19H22Cl2O2. The first kappa shape index (κ1) is 15.8. The zero-order valence-electron chi connectivity index (χ0n) is 13.4. The van der Waals surface area contributed by atoms with Crippen LogP contribution in [-0.4, -0.2) is 12.4 Å². The quantitative estimate of drug-likeness (QED) is 0.640. The van der Waals surface area contributed by atoms with Crippen LogP contribution in [0.5, 0.6) is 5.75 Å². The Bertz CT molecular complexity index is 594. The average molecular weight is 353 g/mol. The van der Waals surface area contributed by atoms with E-state index in [9.17, 15) is 4.79 Å². The topological polar surface area (TPSA) is 26.3 Å². The van der Waals surface area contributed by atoms with Gasteiger partial charge < -0.3 is 4.74 Å². The lowest BCUT2D eigenvalue weighted by Crippen LogP contribution is -2.48. The van der Waals surface area contributed by atoms with Gasteiger partial charge in [-0.25, -0.2) is 0 Å².